The van der Waals surface area contributed by atoms with Gasteiger partial charge in [0.05, 0.1) is 30.0 Å². The normalized spacial score (nSPS) is 14.4. The number of amides is 2. The van der Waals surface area contributed by atoms with E-state index in [1.165, 1.54) is 11.1 Å². The molecule has 2 aromatic heterocycles. The number of H-pyrrole nitrogens is 1. The standard InChI is InChI=1S/C21H18N6O/c28-21(25-15-7-5-14(6-8-15)18-9-10-24-26-18)23-12-20-17-4-2-1-3-16(17)19-11-22-13-27(19)20/h1-11,13,20H,12H2,(H,24,26)(H2,23,25,28). The maximum Gasteiger partial charge on any atom is 0.319 e. The lowest BCUT2D eigenvalue weighted by molar-refractivity contribution is 0.251. The van der Waals surface area contributed by atoms with Gasteiger partial charge in [-0.15, -0.1) is 0 Å². The summed E-state index contributed by atoms with van der Waals surface area (Å²) < 4.78 is 2.10. The monoisotopic (exact) mass is 370 g/mol. The minimum Gasteiger partial charge on any atom is -0.335 e. The molecule has 3 N–H and O–H groups in total. The molecule has 5 rings (SSSR count). The van der Waals surface area contributed by atoms with Gasteiger partial charge < -0.3 is 15.2 Å². The molecule has 0 saturated carbocycles. The number of carbonyl (C=O) groups excluding carboxylic acids is 1. The van der Waals surface area contributed by atoms with Crippen molar-refractivity contribution in [2.24, 2.45) is 0 Å². The van der Waals surface area contributed by atoms with E-state index in [-0.39, 0.29) is 12.1 Å². The molecule has 28 heavy (non-hydrogen) atoms. The Bertz CT molecular complexity index is 1110. The molecule has 7 nitrogen and oxygen atoms in total. The van der Waals surface area contributed by atoms with Crippen LogP contribution in [0.25, 0.3) is 22.5 Å². The topological polar surface area (TPSA) is 87.6 Å². The summed E-state index contributed by atoms with van der Waals surface area (Å²) in [5, 5.41) is 12.7. The van der Waals surface area contributed by atoms with E-state index < -0.39 is 0 Å². The highest BCUT2D eigenvalue weighted by molar-refractivity contribution is 5.89. The van der Waals surface area contributed by atoms with Gasteiger partial charge in [0, 0.05) is 24.0 Å². The fraction of sp³-hybridized carbons (Fsp3) is 0.0952. The number of hydrogen-bond acceptors (Lipinski definition) is 3. The number of nitrogens with zero attached hydrogens (tertiary/aromatic N) is 3. The molecule has 0 fully saturated rings. The number of fused-ring (bicyclic) bond motifs is 3. The Balaban J connectivity index is 1.25. The second-order valence-corrected chi connectivity index (χ2v) is 6.67. The zero-order valence-electron chi connectivity index (χ0n) is 15.0. The molecule has 2 aromatic carbocycles. The number of aromatic amines is 1. The Kier molecular flexibility index (Phi) is 3.90. The zero-order chi connectivity index (χ0) is 18.9. The van der Waals surface area contributed by atoms with E-state index in [4.69, 9.17) is 0 Å². The third-order valence-electron chi connectivity index (χ3n) is 5.01. The van der Waals surface area contributed by atoms with Gasteiger partial charge in [-0.1, -0.05) is 36.4 Å². The molecule has 0 aliphatic carbocycles. The summed E-state index contributed by atoms with van der Waals surface area (Å²) in [6, 6.07) is 17.6. The number of aromatic nitrogens is 4. The van der Waals surface area contributed by atoms with Crippen LogP contribution in [0.4, 0.5) is 10.5 Å². The third-order valence-corrected chi connectivity index (χ3v) is 5.01. The van der Waals surface area contributed by atoms with Crippen LogP contribution in [-0.4, -0.2) is 32.3 Å². The molecule has 4 aromatic rings. The maximum atomic E-state index is 12.4. The first kappa shape index (κ1) is 16.3. The van der Waals surface area contributed by atoms with Gasteiger partial charge in [-0.2, -0.15) is 5.10 Å². The van der Waals surface area contributed by atoms with Gasteiger partial charge in [-0.25, -0.2) is 9.78 Å². The second-order valence-electron chi connectivity index (χ2n) is 6.67. The molecular weight excluding hydrogens is 352 g/mol. The van der Waals surface area contributed by atoms with E-state index in [0.717, 1.165) is 22.6 Å². The van der Waals surface area contributed by atoms with Crippen molar-refractivity contribution in [2.45, 2.75) is 6.04 Å². The van der Waals surface area contributed by atoms with Crippen molar-refractivity contribution in [1.29, 1.82) is 0 Å². The van der Waals surface area contributed by atoms with Crippen LogP contribution in [0.2, 0.25) is 0 Å². The van der Waals surface area contributed by atoms with Crippen molar-refractivity contribution < 1.29 is 4.79 Å². The zero-order valence-corrected chi connectivity index (χ0v) is 15.0. The Morgan fingerprint density at radius 1 is 1.11 bits per heavy atom. The average Bonchev–Trinajstić information content (AvgIpc) is 3.45. The van der Waals surface area contributed by atoms with Gasteiger partial charge in [0.15, 0.2) is 0 Å². The summed E-state index contributed by atoms with van der Waals surface area (Å²) in [7, 11) is 0. The van der Waals surface area contributed by atoms with Gasteiger partial charge in [-0.05, 0) is 29.3 Å². The van der Waals surface area contributed by atoms with Crippen molar-refractivity contribution in [3.05, 3.63) is 78.9 Å². The molecule has 1 aliphatic rings. The molecular formula is C21H18N6O. The lowest BCUT2D eigenvalue weighted by Gasteiger charge is -2.16. The molecule has 1 aliphatic heterocycles. The molecule has 3 heterocycles. The smallest absolute Gasteiger partial charge is 0.319 e. The SMILES string of the molecule is O=C(NCC1c2ccccc2-c2cncn21)Nc1ccc(-c2ccn[nH]2)cc1. The first-order valence-electron chi connectivity index (χ1n) is 9.05. The minimum absolute atomic E-state index is 0.0437. The van der Waals surface area contributed by atoms with Crippen LogP contribution in [0.5, 0.6) is 0 Å². The first-order chi connectivity index (χ1) is 13.8. The van der Waals surface area contributed by atoms with Crippen LogP contribution in [0, 0.1) is 0 Å². The number of carbonyl (C=O) groups is 1. The van der Waals surface area contributed by atoms with Crippen LogP contribution in [0.15, 0.2) is 73.3 Å². The quantitative estimate of drug-likeness (QED) is 0.512. The van der Waals surface area contributed by atoms with Crippen molar-refractivity contribution in [3.63, 3.8) is 0 Å². The summed E-state index contributed by atoms with van der Waals surface area (Å²) >= 11 is 0. The molecule has 1 atom stereocenters. The van der Waals surface area contributed by atoms with E-state index in [0.29, 0.717) is 6.54 Å². The van der Waals surface area contributed by atoms with Gasteiger partial charge in [-0.3, -0.25) is 5.10 Å². The third kappa shape index (κ3) is 2.83. The molecule has 0 bridgehead atoms. The minimum atomic E-state index is -0.236. The Morgan fingerprint density at radius 3 is 2.79 bits per heavy atom. The summed E-state index contributed by atoms with van der Waals surface area (Å²) in [6.45, 7) is 0.485. The molecule has 2 amide bonds. The van der Waals surface area contributed by atoms with E-state index in [1.54, 1.807) is 6.20 Å². The highest BCUT2D eigenvalue weighted by Gasteiger charge is 2.28. The number of imidazole rings is 1. The number of nitrogens with one attached hydrogen (secondary N) is 3. The number of rotatable bonds is 4. The van der Waals surface area contributed by atoms with E-state index in [1.807, 2.05) is 55.0 Å². The van der Waals surface area contributed by atoms with E-state index in [9.17, 15) is 4.79 Å². The molecule has 0 saturated heterocycles. The van der Waals surface area contributed by atoms with Gasteiger partial charge >= 0.3 is 6.03 Å². The maximum absolute atomic E-state index is 12.4. The molecule has 0 spiro atoms. The van der Waals surface area contributed by atoms with Crippen LogP contribution in [0.3, 0.4) is 0 Å². The summed E-state index contributed by atoms with van der Waals surface area (Å²) in [4.78, 5) is 16.6. The fourth-order valence-corrected chi connectivity index (χ4v) is 3.66. The van der Waals surface area contributed by atoms with Gasteiger partial charge in [0.1, 0.15) is 0 Å². The van der Waals surface area contributed by atoms with E-state index >= 15 is 0 Å². The average molecular weight is 370 g/mol. The molecule has 138 valence electrons. The van der Waals surface area contributed by atoms with Crippen molar-refractivity contribution in [1.82, 2.24) is 25.1 Å². The van der Waals surface area contributed by atoms with Crippen LogP contribution in [-0.2, 0) is 0 Å². The van der Waals surface area contributed by atoms with Crippen LogP contribution >= 0.6 is 0 Å². The lowest BCUT2D eigenvalue weighted by atomic mass is 10.0. The first-order valence-corrected chi connectivity index (χ1v) is 9.05. The Morgan fingerprint density at radius 2 is 1.96 bits per heavy atom. The predicted octanol–water partition coefficient (Wildman–Crippen LogP) is 3.66. The molecule has 0 radical (unpaired) electrons. The highest BCUT2D eigenvalue weighted by Crippen LogP contribution is 2.38. The summed E-state index contributed by atoms with van der Waals surface area (Å²) in [5.74, 6) is 0. The van der Waals surface area contributed by atoms with Crippen molar-refractivity contribution in [2.75, 3.05) is 11.9 Å². The molecule has 1 unspecified atom stereocenters. The number of benzene rings is 2. The van der Waals surface area contributed by atoms with Crippen LogP contribution < -0.4 is 10.6 Å². The number of anilines is 1. The molecule has 7 heteroatoms. The van der Waals surface area contributed by atoms with Gasteiger partial charge in [0.2, 0.25) is 0 Å². The largest absolute Gasteiger partial charge is 0.335 e. The summed E-state index contributed by atoms with van der Waals surface area (Å²) in [6.07, 6.45) is 5.38. The highest BCUT2D eigenvalue weighted by atomic mass is 16.2. The van der Waals surface area contributed by atoms with Crippen LogP contribution in [0.1, 0.15) is 11.6 Å². The van der Waals surface area contributed by atoms with Crippen molar-refractivity contribution >= 4 is 11.7 Å². The van der Waals surface area contributed by atoms with Gasteiger partial charge in [0.25, 0.3) is 0 Å². The van der Waals surface area contributed by atoms with Crippen molar-refractivity contribution in [3.8, 4) is 22.5 Å². The Hall–Kier alpha value is -3.87. The second kappa shape index (κ2) is 6.70. The number of urea groups is 1. The van der Waals surface area contributed by atoms with E-state index in [2.05, 4.69) is 42.5 Å². The predicted molar refractivity (Wildman–Crippen MR) is 107 cm³/mol. The Labute approximate surface area is 161 Å². The summed E-state index contributed by atoms with van der Waals surface area (Å²) in [5.41, 5.74) is 6.13. The number of hydrogen-bond donors (Lipinski definition) is 3. The fourth-order valence-electron chi connectivity index (χ4n) is 3.66. The lowest BCUT2D eigenvalue weighted by Crippen LogP contribution is -2.33.